The molecule has 7 aliphatic rings. The van der Waals surface area contributed by atoms with Gasteiger partial charge in [0.25, 0.3) is 0 Å². The molecule has 32 nitrogen and oxygen atoms in total. The zero-order chi connectivity index (χ0) is 73.5. The Bertz CT molecular complexity index is 4080. The maximum absolute atomic E-state index is 16.0. The van der Waals surface area contributed by atoms with Crippen LogP contribution in [0.4, 0.5) is 0 Å². The van der Waals surface area contributed by atoms with Crippen molar-refractivity contribution >= 4 is 93.1 Å². The van der Waals surface area contributed by atoms with Gasteiger partial charge < -0.3 is 123 Å². The molecule has 7 heterocycles. The van der Waals surface area contributed by atoms with E-state index in [9.17, 15) is 69.9 Å². The number of benzene rings is 5. The van der Waals surface area contributed by atoms with E-state index in [4.69, 9.17) is 63.1 Å². The van der Waals surface area contributed by atoms with Gasteiger partial charge in [-0.15, -0.1) is 0 Å². The molecular formula is C66H74Cl2IN9O23. The van der Waals surface area contributed by atoms with Gasteiger partial charge in [0.15, 0.2) is 29.9 Å². The van der Waals surface area contributed by atoms with Crippen molar-refractivity contribution in [3.63, 3.8) is 0 Å². The highest BCUT2D eigenvalue weighted by Crippen LogP contribution is 2.50. The Morgan fingerprint density at radius 1 is 0.723 bits per heavy atom. The topological polar surface area (TPSA) is 510 Å². The number of carbonyl (C=O) groups is 8. The molecule has 0 spiro atoms. The SMILES string of the molecule is CN[C@H](CC(C)C)C(=O)N[C@H]1C(=O)N[C@@H](CC(N)=O)C(=O)N[C@H]2C(=O)N[C@H]3C(=O)N[C@H](C(=O)N[C@@H](C(=O)O)c4cc(O)cc(O)c4-c4cc3ccc4O)[C@H](O)c3ccc(c(Cl)c3)Oc3cc2cc(c3O[C@@H]2O[C@H](CI)[C@@H](O)[C@H](O)[C@H]2O[C@H]2C[C@](C)(N)[C@H](O)[C@H](C)O2)Oc2ccc(cc2Cl)[C@H]1O. The van der Waals surface area contributed by atoms with Gasteiger partial charge in [0.2, 0.25) is 53.4 Å². The van der Waals surface area contributed by atoms with Crippen molar-refractivity contribution in [1.82, 2.24) is 37.2 Å². The Balaban J connectivity index is 1.24. The molecule has 0 saturated carbocycles. The summed E-state index contributed by atoms with van der Waals surface area (Å²) in [5, 5.41) is 120. The van der Waals surface area contributed by atoms with Crippen molar-refractivity contribution in [2.75, 3.05) is 11.5 Å². The number of carboxylic acids is 1. The van der Waals surface area contributed by atoms with Gasteiger partial charge in [-0.25, -0.2) is 4.79 Å². The monoisotopic (exact) mass is 1560 g/mol. The molecule has 7 aliphatic heterocycles. The Hall–Kier alpha value is -8.43. The number of hydrogen-bond acceptors (Lipinski definition) is 24. The molecule has 101 heavy (non-hydrogen) atoms. The zero-order valence-electron chi connectivity index (χ0n) is 54.3. The van der Waals surface area contributed by atoms with Crippen molar-refractivity contribution in [2.45, 2.75) is 156 Å². The average molecular weight is 1560 g/mol. The van der Waals surface area contributed by atoms with Crippen LogP contribution in [0.2, 0.25) is 10.0 Å². The Labute approximate surface area is 598 Å². The number of aromatic hydroxyl groups is 3. The molecule has 0 aromatic heterocycles. The van der Waals surface area contributed by atoms with E-state index in [0.717, 1.165) is 60.7 Å². The van der Waals surface area contributed by atoms with Crippen molar-refractivity contribution in [2.24, 2.45) is 17.4 Å². The largest absolute Gasteiger partial charge is 0.508 e. The van der Waals surface area contributed by atoms with E-state index in [1.54, 1.807) is 0 Å². The summed E-state index contributed by atoms with van der Waals surface area (Å²) in [7, 11) is 1.48. The zero-order valence-corrected chi connectivity index (χ0v) is 57.9. The minimum Gasteiger partial charge on any atom is -0.508 e. The van der Waals surface area contributed by atoms with Crippen LogP contribution in [-0.2, 0) is 52.6 Å². The molecule has 0 aliphatic carbocycles. The lowest BCUT2D eigenvalue weighted by molar-refractivity contribution is -0.328. The van der Waals surface area contributed by atoms with Crippen LogP contribution in [0.1, 0.15) is 105 Å². The number of carbonyl (C=O) groups excluding carboxylic acids is 7. The molecule has 0 unspecified atom stereocenters. The standard InChI is InChI=1S/C66H74Cl2IN9O23/c1-23(2)12-34(72-5)58(88)77-49-51(83)26-7-10-38(32(67)14-26)97-40-16-28-17-41(55(40)101-65-56(54(86)53(85)42(22-69)99-65)100-44-21-66(4,71)57(87)24(3)96-44)98-39-11-8-27(15-33(39)68)52(84)50-63(93)76-48(64(94)95)31-18-29(79)19-37(81)45(31)30-13-25(6-9-36(30)80)46(60(90)78-50)75-61(91)47(28)74-59(89)35(20-43(70)82)73-62(49)92/h6-11,13-19,23-24,34-35,42,44,46-54,56-57,65,72,79-81,83-87H,12,20-22,71H2,1-5H3,(H2,70,82)(H,73,92)(H,74,89)(H,75,91)(H,76,93)(H,77,88)(H,78,90)(H,94,95)/t24-,34+,35-,42+,44-,46+,47+,48+,49+,50-,51+,52+,53+,54-,56+,57+,65-,66-/m0/s1. The van der Waals surface area contributed by atoms with Crippen LogP contribution in [-0.4, -0.2) is 184 Å². The number of aliphatic hydroxyl groups excluding tert-OH is 5. The predicted molar refractivity (Wildman–Crippen MR) is 361 cm³/mol. The lowest BCUT2D eigenvalue weighted by Gasteiger charge is -2.47. The third-order valence-electron chi connectivity index (χ3n) is 17.7. The number of hydrogen-bond donors (Lipinski definition) is 18. The van der Waals surface area contributed by atoms with Crippen molar-refractivity contribution in [3.05, 3.63) is 117 Å². The summed E-state index contributed by atoms with van der Waals surface area (Å²) in [5.41, 5.74) is 8.23. The van der Waals surface area contributed by atoms with Crippen LogP contribution in [0, 0.1) is 5.92 Å². The van der Waals surface area contributed by atoms with E-state index in [1.807, 2.05) is 36.4 Å². The number of ether oxygens (including phenoxy) is 6. The molecule has 20 N–H and O–H groups in total. The molecule has 11 bridgehead atoms. The summed E-state index contributed by atoms with van der Waals surface area (Å²) in [6.07, 6.45) is -17.2. The van der Waals surface area contributed by atoms with Gasteiger partial charge in [0.05, 0.1) is 40.8 Å². The number of carboxylic acid groups (broad SMARTS) is 1. The molecule has 2 saturated heterocycles. The normalized spacial score (nSPS) is 29.4. The molecule has 7 amide bonds. The Morgan fingerprint density at radius 3 is 1.91 bits per heavy atom. The van der Waals surface area contributed by atoms with Crippen LogP contribution >= 0.6 is 45.8 Å². The molecule has 5 aromatic carbocycles. The first kappa shape index (κ1) is 75.2. The highest BCUT2D eigenvalue weighted by molar-refractivity contribution is 14.1. The number of amides is 7. The summed E-state index contributed by atoms with van der Waals surface area (Å²) in [4.78, 5) is 117. The van der Waals surface area contributed by atoms with Gasteiger partial charge in [0, 0.05) is 39.1 Å². The van der Waals surface area contributed by atoms with E-state index in [-0.39, 0.29) is 56.4 Å². The lowest BCUT2D eigenvalue weighted by atomic mass is 9.86. The number of aliphatic hydroxyl groups is 5. The number of nitrogens with two attached hydrogens (primary N) is 2. The molecular weight excluding hydrogens is 1480 g/mol. The number of phenolic OH excluding ortho intramolecular Hbond substituents is 3. The number of halogens is 3. The number of fused-ring (bicyclic) bond motifs is 15. The fourth-order valence-electron chi connectivity index (χ4n) is 12.5. The summed E-state index contributed by atoms with van der Waals surface area (Å²) in [6.45, 7) is 6.71. The molecule has 5 aromatic rings. The first-order valence-corrected chi connectivity index (χ1v) is 33.9. The smallest absolute Gasteiger partial charge is 0.330 e. The van der Waals surface area contributed by atoms with Crippen LogP contribution in [0.25, 0.3) is 11.1 Å². The predicted octanol–water partition coefficient (Wildman–Crippen LogP) is 1.55. The minimum atomic E-state index is -2.31. The molecule has 0 radical (unpaired) electrons. The Kier molecular flexibility index (Phi) is 22.8. The second-order valence-corrected chi connectivity index (χ2v) is 27.4. The van der Waals surface area contributed by atoms with Crippen molar-refractivity contribution in [3.8, 4) is 57.1 Å². The number of nitrogens with one attached hydrogen (secondary N) is 7. The molecule has 35 heteroatoms. The summed E-state index contributed by atoms with van der Waals surface area (Å²) >= 11 is 16.0. The first-order chi connectivity index (χ1) is 47.7. The van der Waals surface area contributed by atoms with E-state index in [2.05, 4.69) is 37.2 Å². The van der Waals surface area contributed by atoms with Gasteiger partial charge in [-0.1, -0.05) is 77.8 Å². The summed E-state index contributed by atoms with van der Waals surface area (Å²) < 4.78 is 38.9. The maximum atomic E-state index is 16.0. The number of phenols is 3. The first-order valence-electron chi connectivity index (χ1n) is 31.6. The number of rotatable bonds is 13. The van der Waals surface area contributed by atoms with E-state index < -0.39 is 225 Å². The second-order valence-electron chi connectivity index (χ2n) is 25.7. The van der Waals surface area contributed by atoms with Crippen molar-refractivity contribution in [1.29, 1.82) is 0 Å². The fourth-order valence-corrected chi connectivity index (χ4v) is 13.7. The highest BCUT2D eigenvalue weighted by atomic mass is 127. The highest BCUT2D eigenvalue weighted by Gasteiger charge is 2.51. The molecule has 12 rings (SSSR count). The average Bonchev–Trinajstić information content (AvgIpc) is 0.775. The third-order valence-corrected chi connectivity index (χ3v) is 19.2. The van der Waals surface area contributed by atoms with E-state index in [1.165, 1.54) is 39.1 Å². The summed E-state index contributed by atoms with van der Waals surface area (Å²) in [6, 6.07) is -0.218. The summed E-state index contributed by atoms with van der Waals surface area (Å²) in [5.74, 6) is -15.5. The number of likely N-dealkylation sites (N-methyl/N-ethyl adjacent to an activating group) is 1. The minimum absolute atomic E-state index is 0.000439. The van der Waals surface area contributed by atoms with Crippen LogP contribution in [0.3, 0.4) is 0 Å². The lowest BCUT2D eigenvalue weighted by Crippen LogP contribution is -2.64. The molecule has 18 atom stereocenters. The fraction of sp³-hybridized carbons (Fsp3) is 0.424. The maximum Gasteiger partial charge on any atom is 0.330 e. The van der Waals surface area contributed by atoms with Gasteiger partial charge in [-0.05, 0) is 110 Å². The van der Waals surface area contributed by atoms with Crippen LogP contribution in [0.15, 0.2) is 78.9 Å². The van der Waals surface area contributed by atoms with Gasteiger partial charge >= 0.3 is 5.97 Å². The van der Waals surface area contributed by atoms with E-state index >= 15 is 14.4 Å². The number of primary amides is 1. The number of alkyl halides is 1. The van der Waals surface area contributed by atoms with Crippen LogP contribution < -0.4 is 62.9 Å². The van der Waals surface area contributed by atoms with Crippen molar-refractivity contribution < 1.29 is 113 Å². The van der Waals surface area contributed by atoms with E-state index in [0.29, 0.717) is 0 Å². The second kappa shape index (κ2) is 30.6. The van der Waals surface area contributed by atoms with Crippen LogP contribution in [0.5, 0.6) is 46.0 Å². The molecule has 542 valence electrons. The molecule has 2 fully saturated rings. The quantitative estimate of drug-likeness (QED) is 0.0587. The van der Waals surface area contributed by atoms with Gasteiger partial charge in [-0.2, -0.15) is 0 Å². The Morgan fingerprint density at radius 2 is 1.33 bits per heavy atom. The third kappa shape index (κ3) is 16.1. The van der Waals surface area contributed by atoms with Gasteiger partial charge in [0.1, 0.15) is 83.4 Å². The van der Waals surface area contributed by atoms with Gasteiger partial charge in [-0.3, -0.25) is 33.6 Å². The number of aliphatic carboxylic acids is 1.